The van der Waals surface area contributed by atoms with Crippen molar-refractivity contribution < 1.29 is 4.79 Å². The highest BCUT2D eigenvalue weighted by atomic mass is 16.2. The Labute approximate surface area is 108 Å². The second-order valence-electron chi connectivity index (χ2n) is 4.27. The molecule has 6 heteroatoms. The average Bonchev–Trinajstić information content (AvgIpc) is 2.77. The minimum Gasteiger partial charge on any atom is -0.344 e. The van der Waals surface area contributed by atoms with Gasteiger partial charge in [-0.25, -0.2) is 9.67 Å². The maximum atomic E-state index is 12.0. The summed E-state index contributed by atoms with van der Waals surface area (Å²) in [6.45, 7) is 5.57. The zero-order valence-corrected chi connectivity index (χ0v) is 11.5. The molecule has 0 aliphatic rings. The summed E-state index contributed by atoms with van der Waals surface area (Å²) in [6, 6.07) is 0. The highest BCUT2D eigenvalue weighted by molar-refractivity contribution is 5.75. The summed E-state index contributed by atoms with van der Waals surface area (Å²) in [4.78, 5) is 18.1. The Kier molecular flexibility index (Phi) is 5.77. The van der Waals surface area contributed by atoms with Crippen LogP contribution in [0.4, 0.5) is 0 Å². The molecule has 1 heterocycles. The molecule has 6 nitrogen and oxygen atoms in total. The van der Waals surface area contributed by atoms with E-state index in [0.717, 1.165) is 30.9 Å². The number of amides is 1. The predicted octanol–water partition coefficient (Wildman–Crippen LogP) is 0.210. The first-order valence-electron chi connectivity index (χ1n) is 6.48. The van der Waals surface area contributed by atoms with Crippen molar-refractivity contribution in [2.45, 2.75) is 39.7 Å². The lowest BCUT2D eigenvalue weighted by atomic mass is 10.4. The van der Waals surface area contributed by atoms with E-state index in [2.05, 4.69) is 10.1 Å². The second-order valence-corrected chi connectivity index (χ2v) is 4.27. The Morgan fingerprint density at radius 3 is 2.67 bits per heavy atom. The molecule has 0 unspecified atom stereocenters. The molecule has 0 atom stereocenters. The van der Waals surface area contributed by atoms with Crippen molar-refractivity contribution in [2.75, 3.05) is 20.1 Å². The fourth-order valence-corrected chi connectivity index (χ4v) is 1.67. The molecule has 1 aromatic heterocycles. The summed E-state index contributed by atoms with van der Waals surface area (Å²) in [5.74, 6) is 1.71. The molecule has 0 bridgehead atoms. The molecule has 1 rings (SSSR count). The summed E-state index contributed by atoms with van der Waals surface area (Å²) in [6.07, 6.45) is 2.39. The van der Waals surface area contributed by atoms with Crippen LogP contribution in [0.3, 0.4) is 0 Å². The van der Waals surface area contributed by atoms with Crippen molar-refractivity contribution in [3.8, 4) is 0 Å². The lowest BCUT2D eigenvalue weighted by molar-refractivity contribution is -0.130. The number of nitrogens with zero attached hydrogens (tertiary/aromatic N) is 4. The number of hydrogen-bond donors (Lipinski definition) is 1. The van der Waals surface area contributed by atoms with Gasteiger partial charge in [-0.3, -0.25) is 4.79 Å². The highest BCUT2D eigenvalue weighted by Gasteiger charge is 2.13. The van der Waals surface area contributed by atoms with Gasteiger partial charge in [0.1, 0.15) is 12.4 Å². The lowest BCUT2D eigenvalue weighted by Gasteiger charge is -2.16. The molecule has 0 aromatic carbocycles. The van der Waals surface area contributed by atoms with E-state index in [9.17, 15) is 4.79 Å². The molecular formula is C12H23N5O. The van der Waals surface area contributed by atoms with Crippen LogP contribution in [0, 0.1) is 0 Å². The molecule has 0 radical (unpaired) electrons. The van der Waals surface area contributed by atoms with Crippen LogP contribution < -0.4 is 5.73 Å². The summed E-state index contributed by atoms with van der Waals surface area (Å²) in [5, 5.41) is 4.34. The number of aryl methyl sites for hydroxylation is 2. The zero-order chi connectivity index (χ0) is 13.5. The monoisotopic (exact) mass is 253 g/mol. The van der Waals surface area contributed by atoms with Gasteiger partial charge < -0.3 is 10.6 Å². The largest absolute Gasteiger partial charge is 0.344 e. The Balaban J connectivity index is 2.65. The first-order valence-corrected chi connectivity index (χ1v) is 6.48. The Morgan fingerprint density at radius 1 is 1.39 bits per heavy atom. The summed E-state index contributed by atoms with van der Waals surface area (Å²) >= 11 is 0. The van der Waals surface area contributed by atoms with Gasteiger partial charge in [-0.1, -0.05) is 13.8 Å². The van der Waals surface area contributed by atoms with Gasteiger partial charge in [0.05, 0.1) is 0 Å². The third-order valence-corrected chi connectivity index (χ3v) is 2.83. The van der Waals surface area contributed by atoms with Crippen LogP contribution in [-0.2, 0) is 24.2 Å². The molecule has 0 saturated heterocycles. The van der Waals surface area contributed by atoms with Crippen molar-refractivity contribution >= 4 is 5.91 Å². The van der Waals surface area contributed by atoms with E-state index >= 15 is 0 Å². The van der Waals surface area contributed by atoms with Crippen LogP contribution in [0.15, 0.2) is 0 Å². The maximum absolute atomic E-state index is 12.0. The van der Waals surface area contributed by atoms with Crippen LogP contribution in [0.2, 0.25) is 0 Å². The average molecular weight is 253 g/mol. The van der Waals surface area contributed by atoms with Crippen LogP contribution in [0.25, 0.3) is 0 Å². The first kappa shape index (κ1) is 14.6. The molecule has 18 heavy (non-hydrogen) atoms. The third-order valence-electron chi connectivity index (χ3n) is 2.83. The fourth-order valence-electron chi connectivity index (χ4n) is 1.67. The van der Waals surface area contributed by atoms with E-state index < -0.39 is 0 Å². The lowest BCUT2D eigenvalue weighted by Crippen LogP contribution is -2.32. The Bertz CT molecular complexity index is 388. The minimum atomic E-state index is 0.0469. The van der Waals surface area contributed by atoms with E-state index in [1.807, 2.05) is 13.8 Å². The Hall–Kier alpha value is -1.43. The topological polar surface area (TPSA) is 77.0 Å². The van der Waals surface area contributed by atoms with Crippen molar-refractivity contribution in [1.29, 1.82) is 0 Å². The van der Waals surface area contributed by atoms with Gasteiger partial charge >= 0.3 is 0 Å². The van der Waals surface area contributed by atoms with Crippen molar-refractivity contribution in [2.24, 2.45) is 5.73 Å². The zero-order valence-electron chi connectivity index (χ0n) is 11.5. The van der Waals surface area contributed by atoms with Crippen LogP contribution in [-0.4, -0.2) is 45.7 Å². The standard InChI is InChI=1S/C12H23N5O/c1-4-10-14-11(5-2)17(15-10)9-12(18)16(3)8-6-7-13/h4-9,13H2,1-3H3. The molecule has 0 aliphatic carbocycles. The molecule has 1 aromatic rings. The first-order chi connectivity index (χ1) is 8.62. The maximum Gasteiger partial charge on any atom is 0.244 e. The van der Waals surface area contributed by atoms with Crippen molar-refractivity contribution in [3.05, 3.63) is 11.6 Å². The molecule has 102 valence electrons. The summed E-state index contributed by atoms with van der Waals surface area (Å²) in [7, 11) is 1.79. The van der Waals surface area contributed by atoms with Gasteiger partial charge in [-0.2, -0.15) is 5.10 Å². The van der Waals surface area contributed by atoms with E-state index in [4.69, 9.17) is 5.73 Å². The number of rotatable bonds is 7. The summed E-state index contributed by atoms with van der Waals surface area (Å²) in [5.41, 5.74) is 5.43. The molecule has 0 spiro atoms. The van der Waals surface area contributed by atoms with E-state index in [1.165, 1.54) is 0 Å². The number of nitrogens with two attached hydrogens (primary N) is 1. The van der Waals surface area contributed by atoms with Gasteiger partial charge in [0, 0.05) is 26.4 Å². The molecule has 0 saturated carbocycles. The number of carbonyl (C=O) groups excluding carboxylic acids is 1. The van der Waals surface area contributed by atoms with Gasteiger partial charge in [0.2, 0.25) is 5.91 Å². The molecule has 0 fully saturated rings. The second kappa shape index (κ2) is 7.10. The molecule has 0 aliphatic heterocycles. The third kappa shape index (κ3) is 3.80. The quantitative estimate of drug-likeness (QED) is 0.753. The molecule has 2 N–H and O–H groups in total. The smallest absolute Gasteiger partial charge is 0.244 e. The predicted molar refractivity (Wildman–Crippen MR) is 70.1 cm³/mol. The fraction of sp³-hybridized carbons (Fsp3) is 0.750. The number of likely N-dealkylation sites (N-methyl/N-ethyl adjacent to an activating group) is 1. The van der Waals surface area contributed by atoms with Crippen LogP contribution in [0.1, 0.15) is 31.9 Å². The molecule has 1 amide bonds. The SMILES string of the molecule is CCc1nc(CC)n(CC(=O)N(C)CCCN)n1. The van der Waals surface area contributed by atoms with Crippen LogP contribution in [0.5, 0.6) is 0 Å². The van der Waals surface area contributed by atoms with Crippen molar-refractivity contribution in [3.63, 3.8) is 0 Å². The van der Waals surface area contributed by atoms with Gasteiger partial charge in [0.15, 0.2) is 5.82 Å². The van der Waals surface area contributed by atoms with E-state index in [1.54, 1.807) is 16.6 Å². The normalized spacial score (nSPS) is 10.7. The van der Waals surface area contributed by atoms with Crippen LogP contribution >= 0.6 is 0 Å². The van der Waals surface area contributed by atoms with Crippen molar-refractivity contribution in [1.82, 2.24) is 19.7 Å². The summed E-state index contributed by atoms with van der Waals surface area (Å²) < 4.78 is 1.71. The van der Waals surface area contributed by atoms with Gasteiger partial charge in [-0.05, 0) is 13.0 Å². The number of aromatic nitrogens is 3. The van der Waals surface area contributed by atoms with E-state index in [0.29, 0.717) is 13.1 Å². The van der Waals surface area contributed by atoms with Gasteiger partial charge in [-0.15, -0.1) is 0 Å². The number of hydrogen-bond acceptors (Lipinski definition) is 4. The Morgan fingerprint density at radius 2 is 2.11 bits per heavy atom. The van der Waals surface area contributed by atoms with E-state index in [-0.39, 0.29) is 12.5 Å². The minimum absolute atomic E-state index is 0.0469. The molecular weight excluding hydrogens is 230 g/mol. The number of carbonyl (C=O) groups is 1. The highest BCUT2D eigenvalue weighted by Crippen LogP contribution is 2.02. The van der Waals surface area contributed by atoms with Gasteiger partial charge in [0.25, 0.3) is 0 Å².